The van der Waals surface area contributed by atoms with Crippen LogP contribution in [0.4, 0.5) is 5.88 Å². The van der Waals surface area contributed by atoms with Gasteiger partial charge in [0.1, 0.15) is 22.6 Å². The normalized spacial score (nSPS) is 21.1. The van der Waals surface area contributed by atoms with Crippen LogP contribution < -0.4 is 0 Å². The van der Waals surface area contributed by atoms with Crippen molar-refractivity contribution in [2.45, 2.75) is 12.5 Å². The number of methoxy groups -OCH3 is 2. The van der Waals surface area contributed by atoms with Crippen LogP contribution in [0.2, 0.25) is 0 Å². The number of furan rings is 1. The zero-order chi connectivity index (χ0) is 17.0. The van der Waals surface area contributed by atoms with Crippen molar-refractivity contribution in [3.05, 3.63) is 28.0 Å². The third kappa shape index (κ3) is 3.66. The van der Waals surface area contributed by atoms with Gasteiger partial charge in [-0.15, -0.1) is 0 Å². The highest BCUT2D eigenvalue weighted by Gasteiger charge is 2.44. The molecule has 1 aliphatic rings. The van der Waals surface area contributed by atoms with E-state index in [1.807, 2.05) is 0 Å². The lowest BCUT2D eigenvalue weighted by Gasteiger charge is -2.22. The van der Waals surface area contributed by atoms with Crippen LogP contribution in [0, 0.1) is 16.0 Å². The average molecular weight is 328 g/mol. The van der Waals surface area contributed by atoms with Crippen LogP contribution in [0.25, 0.3) is 0 Å². The first-order valence-electron chi connectivity index (χ1n) is 6.76. The first-order chi connectivity index (χ1) is 11.0. The molecule has 0 unspecified atom stereocenters. The van der Waals surface area contributed by atoms with Crippen molar-refractivity contribution in [1.29, 1.82) is 0 Å². The summed E-state index contributed by atoms with van der Waals surface area (Å²) in [5, 5.41) is 12.1. The number of rotatable bonds is 6. The van der Waals surface area contributed by atoms with Gasteiger partial charge in [0.2, 0.25) is 0 Å². The van der Waals surface area contributed by atoms with Crippen LogP contribution in [-0.4, -0.2) is 49.3 Å². The number of hydroxylamine groups is 2. The van der Waals surface area contributed by atoms with Crippen LogP contribution in [-0.2, 0) is 23.9 Å². The molecular weight excluding hydrogens is 312 g/mol. The van der Waals surface area contributed by atoms with Gasteiger partial charge in [-0.2, -0.15) is 5.06 Å². The van der Waals surface area contributed by atoms with Gasteiger partial charge in [-0.3, -0.25) is 24.5 Å². The smallest absolute Gasteiger partial charge is 0.433 e. The van der Waals surface area contributed by atoms with E-state index in [9.17, 15) is 19.7 Å². The Kier molecular flexibility index (Phi) is 5.29. The third-order valence-corrected chi connectivity index (χ3v) is 3.46. The molecule has 1 saturated heterocycles. The molecule has 126 valence electrons. The predicted molar refractivity (Wildman–Crippen MR) is 72.9 cm³/mol. The summed E-state index contributed by atoms with van der Waals surface area (Å²) in [6.07, 6.45) is 0.0314. The number of nitro groups is 1. The van der Waals surface area contributed by atoms with Crippen molar-refractivity contribution in [1.82, 2.24) is 5.06 Å². The van der Waals surface area contributed by atoms with Crippen molar-refractivity contribution in [2.24, 2.45) is 5.92 Å². The molecule has 2 atom stereocenters. The van der Waals surface area contributed by atoms with E-state index in [2.05, 4.69) is 4.74 Å². The molecule has 2 heterocycles. The van der Waals surface area contributed by atoms with Gasteiger partial charge >= 0.3 is 17.8 Å². The van der Waals surface area contributed by atoms with E-state index >= 15 is 0 Å². The molecule has 1 fully saturated rings. The van der Waals surface area contributed by atoms with Gasteiger partial charge in [-0.05, 0) is 6.07 Å². The van der Waals surface area contributed by atoms with E-state index in [0.717, 1.165) is 0 Å². The van der Waals surface area contributed by atoms with Gasteiger partial charge in [-0.25, -0.2) is 0 Å². The molecule has 0 radical (unpaired) electrons. The van der Waals surface area contributed by atoms with E-state index < -0.39 is 34.7 Å². The van der Waals surface area contributed by atoms with Crippen molar-refractivity contribution >= 4 is 17.8 Å². The highest BCUT2D eigenvalue weighted by atomic mass is 16.7. The monoisotopic (exact) mass is 328 g/mol. The highest BCUT2D eigenvalue weighted by molar-refractivity contribution is 5.74. The Balaban J connectivity index is 2.22. The molecule has 2 rings (SSSR count). The lowest BCUT2D eigenvalue weighted by Crippen LogP contribution is -2.30. The molecule has 1 aromatic heterocycles. The minimum absolute atomic E-state index is 0.0208. The summed E-state index contributed by atoms with van der Waals surface area (Å²) in [6.45, 7) is 0.159. The average Bonchev–Trinajstić information content (AvgIpc) is 3.17. The Labute approximate surface area is 131 Å². The van der Waals surface area contributed by atoms with E-state index in [1.165, 1.54) is 31.4 Å². The fourth-order valence-electron chi connectivity index (χ4n) is 2.34. The minimum Gasteiger partial charge on any atom is -0.469 e. The van der Waals surface area contributed by atoms with Gasteiger partial charge in [-0.1, -0.05) is 0 Å². The standard InChI is InChI=1S/C13H16N2O8/c1-20-11(16)5-6-14-12(8(7-22-14)13(17)21-2)9-3-4-10(23-9)15(18)19/h3-4,8,12H,5-7H2,1-2H3/t8-,12-/m1/s1. The van der Waals surface area contributed by atoms with Crippen molar-refractivity contribution in [3.8, 4) is 0 Å². The molecule has 10 heteroatoms. The molecule has 0 N–H and O–H groups in total. The Bertz CT molecular complexity index is 599. The molecular formula is C13H16N2O8. The SMILES string of the molecule is COC(=O)CCN1OC[C@@H](C(=O)OC)[C@@H]1c1ccc([N+](=O)[O-])o1. The maximum absolute atomic E-state index is 11.9. The highest BCUT2D eigenvalue weighted by Crippen LogP contribution is 2.38. The van der Waals surface area contributed by atoms with Gasteiger partial charge in [0, 0.05) is 6.54 Å². The largest absolute Gasteiger partial charge is 0.469 e. The summed E-state index contributed by atoms with van der Waals surface area (Å²) in [5.41, 5.74) is 0. The van der Waals surface area contributed by atoms with Gasteiger partial charge in [0.15, 0.2) is 0 Å². The van der Waals surface area contributed by atoms with Crippen LogP contribution in [0.15, 0.2) is 16.5 Å². The molecule has 1 aliphatic heterocycles. The summed E-state index contributed by atoms with van der Waals surface area (Å²) in [4.78, 5) is 38.6. The number of carbonyl (C=O) groups is 2. The summed E-state index contributed by atoms with van der Waals surface area (Å²) in [7, 11) is 2.50. The fourth-order valence-corrected chi connectivity index (χ4v) is 2.34. The second kappa shape index (κ2) is 7.20. The van der Waals surface area contributed by atoms with Crippen LogP contribution in [0.1, 0.15) is 18.2 Å². The summed E-state index contributed by atoms with van der Waals surface area (Å²) in [5.74, 6) is -1.95. The Morgan fingerprint density at radius 1 is 1.39 bits per heavy atom. The van der Waals surface area contributed by atoms with E-state index in [4.69, 9.17) is 14.0 Å². The molecule has 0 aliphatic carbocycles. The Hall–Kier alpha value is -2.46. The van der Waals surface area contributed by atoms with E-state index in [1.54, 1.807) is 0 Å². The van der Waals surface area contributed by atoms with Gasteiger partial charge < -0.3 is 13.9 Å². The summed E-state index contributed by atoms with van der Waals surface area (Å²) in [6, 6.07) is 1.87. The van der Waals surface area contributed by atoms with Crippen molar-refractivity contribution in [2.75, 3.05) is 27.4 Å². The molecule has 0 aromatic carbocycles. The number of nitrogens with zero attached hydrogens (tertiary/aromatic N) is 2. The lowest BCUT2D eigenvalue weighted by atomic mass is 9.99. The lowest BCUT2D eigenvalue weighted by molar-refractivity contribution is -0.402. The maximum atomic E-state index is 11.9. The third-order valence-electron chi connectivity index (χ3n) is 3.46. The van der Waals surface area contributed by atoms with Gasteiger partial charge in [0.05, 0.1) is 33.3 Å². The summed E-state index contributed by atoms with van der Waals surface area (Å²) < 4.78 is 14.5. The molecule has 10 nitrogen and oxygen atoms in total. The second-order valence-electron chi connectivity index (χ2n) is 4.77. The van der Waals surface area contributed by atoms with Crippen LogP contribution in [0.5, 0.6) is 0 Å². The fraction of sp³-hybridized carbons (Fsp3) is 0.538. The quantitative estimate of drug-likeness (QED) is 0.424. The zero-order valence-corrected chi connectivity index (χ0v) is 12.6. The predicted octanol–water partition coefficient (Wildman–Crippen LogP) is 0.828. The number of hydrogen-bond acceptors (Lipinski definition) is 9. The molecule has 0 spiro atoms. The zero-order valence-electron chi connectivity index (χ0n) is 12.6. The first-order valence-corrected chi connectivity index (χ1v) is 6.76. The number of carbonyl (C=O) groups excluding carboxylic acids is 2. The maximum Gasteiger partial charge on any atom is 0.433 e. The molecule has 0 bridgehead atoms. The molecule has 1 aromatic rings. The van der Waals surface area contributed by atoms with Crippen molar-refractivity contribution < 1.29 is 33.2 Å². The Morgan fingerprint density at radius 2 is 2.13 bits per heavy atom. The van der Waals surface area contributed by atoms with Crippen LogP contribution in [0.3, 0.4) is 0 Å². The Morgan fingerprint density at radius 3 is 2.70 bits per heavy atom. The van der Waals surface area contributed by atoms with E-state index in [0.29, 0.717) is 0 Å². The number of esters is 2. The first kappa shape index (κ1) is 16.9. The van der Waals surface area contributed by atoms with Crippen molar-refractivity contribution in [3.63, 3.8) is 0 Å². The number of hydrogen-bond donors (Lipinski definition) is 0. The topological polar surface area (TPSA) is 121 Å². The molecule has 0 saturated carbocycles. The molecule has 23 heavy (non-hydrogen) atoms. The number of ether oxygens (including phenoxy) is 2. The van der Waals surface area contributed by atoms with Crippen LogP contribution >= 0.6 is 0 Å². The minimum atomic E-state index is -0.721. The second-order valence-corrected chi connectivity index (χ2v) is 4.77. The molecule has 0 amide bonds. The summed E-state index contributed by atoms with van der Waals surface area (Å²) >= 11 is 0. The van der Waals surface area contributed by atoms with E-state index in [-0.39, 0.29) is 25.3 Å². The van der Waals surface area contributed by atoms with Gasteiger partial charge in [0.25, 0.3) is 0 Å².